The summed E-state index contributed by atoms with van der Waals surface area (Å²) in [7, 11) is 1.96. The lowest BCUT2D eigenvalue weighted by Gasteiger charge is -2.31. The van der Waals surface area contributed by atoms with E-state index in [1.807, 2.05) is 11.7 Å². The van der Waals surface area contributed by atoms with Crippen LogP contribution < -0.4 is 5.73 Å². The predicted octanol–water partition coefficient (Wildman–Crippen LogP) is 2.44. The summed E-state index contributed by atoms with van der Waals surface area (Å²) < 4.78 is 1.90. The van der Waals surface area contributed by atoms with Gasteiger partial charge in [0.25, 0.3) is 0 Å². The van der Waals surface area contributed by atoms with Crippen LogP contribution in [0.5, 0.6) is 0 Å². The Morgan fingerprint density at radius 1 is 1.37 bits per heavy atom. The number of hydrogen-bond donors (Lipinski definition) is 1. The molecule has 0 atom stereocenters. The van der Waals surface area contributed by atoms with Gasteiger partial charge in [-0.05, 0) is 24.9 Å². The Labute approximate surface area is 121 Å². The Morgan fingerprint density at radius 2 is 2.00 bits per heavy atom. The summed E-state index contributed by atoms with van der Waals surface area (Å²) in [6.45, 7) is 12.1. The van der Waals surface area contributed by atoms with Gasteiger partial charge in [-0.1, -0.05) is 39.3 Å². The molecule has 5 heteroatoms. The highest BCUT2D eigenvalue weighted by atomic mass is 35.5. The van der Waals surface area contributed by atoms with Crippen LogP contribution in [-0.4, -0.2) is 34.3 Å². The molecular formula is C14H27ClN4. The van der Waals surface area contributed by atoms with Crippen LogP contribution in [0.25, 0.3) is 0 Å². The summed E-state index contributed by atoms with van der Waals surface area (Å²) in [5.41, 5.74) is 8.01. The first-order valence-electron chi connectivity index (χ1n) is 6.97. The van der Waals surface area contributed by atoms with E-state index in [4.69, 9.17) is 17.3 Å². The lowest BCUT2D eigenvalue weighted by Crippen LogP contribution is -2.38. The van der Waals surface area contributed by atoms with Crippen molar-refractivity contribution in [2.24, 2.45) is 18.2 Å². The molecule has 1 aromatic heterocycles. The topological polar surface area (TPSA) is 47.1 Å². The molecule has 0 aliphatic heterocycles. The minimum atomic E-state index is 0.120. The normalized spacial score (nSPS) is 12.4. The maximum absolute atomic E-state index is 6.40. The Hall–Kier alpha value is -0.580. The number of aryl methyl sites for hydroxylation is 2. The van der Waals surface area contributed by atoms with Crippen molar-refractivity contribution in [2.45, 2.75) is 40.7 Å². The zero-order valence-corrected chi connectivity index (χ0v) is 13.6. The molecule has 0 saturated heterocycles. The van der Waals surface area contributed by atoms with Gasteiger partial charge in [0, 0.05) is 20.1 Å². The fourth-order valence-electron chi connectivity index (χ4n) is 2.15. The van der Waals surface area contributed by atoms with Gasteiger partial charge in [-0.3, -0.25) is 9.58 Å². The molecular weight excluding hydrogens is 260 g/mol. The van der Waals surface area contributed by atoms with E-state index in [1.54, 1.807) is 0 Å². The number of rotatable bonds is 7. The van der Waals surface area contributed by atoms with Crippen LogP contribution >= 0.6 is 11.6 Å². The van der Waals surface area contributed by atoms with Gasteiger partial charge < -0.3 is 5.73 Å². The minimum Gasteiger partial charge on any atom is -0.330 e. The molecule has 0 saturated carbocycles. The van der Waals surface area contributed by atoms with Crippen molar-refractivity contribution in [1.29, 1.82) is 0 Å². The molecule has 1 rings (SSSR count). The monoisotopic (exact) mass is 286 g/mol. The third kappa shape index (κ3) is 4.20. The average Bonchev–Trinajstić information content (AvgIpc) is 2.64. The molecule has 0 unspecified atom stereocenters. The largest absolute Gasteiger partial charge is 0.330 e. The van der Waals surface area contributed by atoms with Gasteiger partial charge in [-0.15, -0.1) is 0 Å². The number of nitrogens with zero attached hydrogens (tertiary/aromatic N) is 3. The standard InChI is InChI=1S/C14H27ClN4/c1-6-11-13(15)12(18(5)17-11)8-19(7-2)10-14(3,4)9-16/h6-10,16H2,1-5H3. The predicted molar refractivity (Wildman–Crippen MR) is 81.4 cm³/mol. The molecule has 0 aromatic carbocycles. The van der Waals surface area contributed by atoms with Gasteiger partial charge in [-0.2, -0.15) is 5.10 Å². The van der Waals surface area contributed by atoms with Crippen LogP contribution in [0.2, 0.25) is 5.02 Å². The van der Waals surface area contributed by atoms with Crippen LogP contribution in [0.3, 0.4) is 0 Å². The number of aromatic nitrogens is 2. The van der Waals surface area contributed by atoms with Crippen molar-refractivity contribution in [2.75, 3.05) is 19.6 Å². The molecule has 110 valence electrons. The first-order valence-corrected chi connectivity index (χ1v) is 7.35. The van der Waals surface area contributed by atoms with E-state index >= 15 is 0 Å². The highest BCUT2D eigenvalue weighted by Gasteiger charge is 2.22. The van der Waals surface area contributed by atoms with Crippen molar-refractivity contribution >= 4 is 11.6 Å². The zero-order valence-electron chi connectivity index (χ0n) is 12.8. The van der Waals surface area contributed by atoms with Crippen molar-refractivity contribution in [3.63, 3.8) is 0 Å². The number of hydrogen-bond acceptors (Lipinski definition) is 3. The first kappa shape index (κ1) is 16.5. The van der Waals surface area contributed by atoms with Gasteiger partial charge >= 0.3 is 0 Å². The maximum atomic E-state index is 6.40. The van der Waals surface area contributed by atoms with E-state index in [2.05, 4.69) is 37.7 Å². The molecule has 0 amide bonds. The molecule has 0 spiro atoms. The van der Waals surface area contributed by atoms with E-state index < -0.39 is 0 Å². The Balaban J connectivity index is 2.84. The molecule has 2 N–H and O–H groups in total. The Bertz CT molecular complexity index is 412. The van der Waals surface area contributed by atoms with Gasteiger partial charge in [0.05, 0.1) is 16.4 Å². The van der Waals surface area contributed by atoms with Crippen LogP contribution in [0, 0.1) is 5.41 Å². The summed E-state index contributed by atoms with van der Waals surface area (Å²) in [6.07, 6.45) is 0.868. The number of nitrogens with two attached hydrogens (primary N) is 1. The second-order valence-electron chi connectivity index (χ2n) is 5.86. The summed E-state index contributed by atoms with van der Waals surface area (Å²) >= 11 is 6.40. The molecule has 0 aliphatic carbocycles. The fraction of sp³-hybridized carbons (Fsp3) is 0.786. The number of halogens is 1. The molecule has 0 bridgehead atoms. The van der Waals surface area contributed by atoms with Gasteiger partial charge in [0.1, 0.15) is 0 Å². The maximum Gasteiger partial charge on any atom is 0.0863 e. The second kappa shape index (κ2) is 6.73. The average molecular weight is 287 g/mol. The van der Waals surface area contributed by atoms with Crippen LogP contribution in [0.1, 0.15) is 39.1 Å². The smallest absolute Gasteiger partial charge is 0.0863 e. The van der Waals surface area contributed by atoms with Crippen LogP contribution in [0.15, 0.2) is 0 Å². The van der Waals surface area contributed by atoms with E-state index in [-0.39, 0.29) is 5.41 Å². The minimum absolute atomic E-state index is 0.120. The van der Waals surface area contributed by atoms with E-state index in [9.17, 15) is 0 Å². The van der Waals surface area contributed by atoms with E-state index in [0.717, 1.165) is 42.5 Å². The summed E-state index contributed by atoms with van der Waals surface area (Å²) in [5.74, 6) is 0. The van der Waals surface area contributed by atoms with Crippen molar-refractivity contribution in [3.05, 3.63) is 16.4 Å². The van der Waals surface area contributed by atoms with E-state index in [0.29, 0.717) is 6.54 Å². The molecule has 19 heavy (non-hydrogen) atoms. The molecule has 0 radical (unpaired) electrons. The van der Waals surface area contributed by atoms with Gasteiger partial charge in [-0.25, -0.2) is 0 Å². The van der Waals surface area contributed by atoms with Gasteiger partial charge in [0.15, 0.2) is 0 Å². The molecule has 0 aliphatic rings. The third-order valence-electron chi connectivity index (χ3n) is 3.53. The highest BCUT2D eigenvalue weighted by molar-refractivity contribution is 6.31. The second-order valence-corrected chi connectivity index (χ2v) is 6.23. The molecule has 1 aromatic rings. The van der Waals surface area contributed by atoms with E-state index in [1.165, 1.54) is 0 Å². The fourth-order valence-corrected chi connectivity index (χ4v) is 2.51. The molecule has 0 fully saturated rings. The quantitative estimate of drug-likeness (QED) is 0.837. The van der Waals surface area contributed by atoms with Crippen molar-refractivity contribution < 1.29 is 0 Å². The Morgan fingerprint density at radius 3 is 2.42 bits per heavy atom. The SMILES string of the molecule is CCc1nn(C)c(CN(CC)CC(C)(C)CN)c1Cl. The van der Waals surface area contributed by atoms with Crippen LogP contribution in [0.4, 0.5) is 0 Å². The highest BCUT2D eigenvalue weighted by Crippen LogP contribution is 2.23. The van der Waals surface area contributed by atoms with Gasteiger partial charge in [0.2, 0.25) is 0 Å². The molecule has 1 heterocycles. The first-order chi connectivity index (χ1) is 8.84. The lowest BCUT2D eigenvalue weighted by atomic mass is 9.93. The summed E-state index contributed by atoms with van der Waals surface area (Å²) in [6, 6.07) is 0. The van der Waals surface area contributed by atoms with Crippen molar-refractivity contribution in [1.82, 2.24) is 14.7 Å². The summed E-state index contributed by atoms with van der Waals surface area (Å²) in [4.78, 5) is 2.37. The lowest BCUT2D eigenvalue weighted by molar-refractivity contribution is 0.180. The van der Waals surface area contributed by atoms with Crippen LogP contribution in [-0.2, 0) is 20.0 Å². The molecule has 4 nitrogen and oxygen atoms in total. The summed E-state index contributed by atoms with van der Waals surface area (Å²) in [5, 5.41) is 5.28. The Kier molecular flexibility index (Phi) is 5.83. The zero-order chi connectivity index (χ0) is 14.6. The third-order valence-corrected chi connectivity index (χ3v) is 3.96. The van der Waals surface area contributed by atoms with Crippen molar-refractivity contribution in [3.8, 4) is 0 Å².